The fourth-order valence-corrected chi connectivity index (χ4v) is 3.13. The second-order valence-corrected chi connectivity index (χ2v) is 6.68. The van der Waals surface area contributed by atoms with Crippen LogP contribution in [0.4, 0.5) is 0 Å². The van der Waals surface area contributed by atoms with Crippen molar-refractivity contribution in [2.45, 2.75) is 58.0 Å². The molecule has 0 unspecified atom stereocenters. The quantitative estimate of drug-likeness (QED) is 0.333. The molecule has 0 aliphatic carbocycles. The number of carbonyl (C=O) groups is 1. The van der Waals surface area contributed by atoms with Crippen LogP contribution in [0.1, 0.15) is 47.0 Å². The smallest absolute Gasteiger partial charge is 0.296 e. The van der Waals surface area contributed by atoms with Gasteiger partial charge in [0.05, 0.1) is 6.61 Å². The van der Waals surface area contributed by atoms with E-state index in [0.29, 0.717) is 12.5 Å². The molecule has 0 N–H and O–H groups in total. The van der Waals surface area contributed by atoms with E-state index in [-0.39, 0.29) is 11.1 Å². The van der Waals surface area contributed by atoms with Crippen LogP contribution in [0.15, 0.2) is 12.7 Å². The van der Waals surface area contributed by atoms with E-state index in [1.54, 1.807) is 0 Å². The van der Waals surface area contributed by atoms with Crippen molar-refractivity contribution < 1.29 is 14.6 Å². The zero-order valence-corrected chi connectivity index (χ0v) is 12.9. The minimum Gasteiger partial charge on any atom is -0.296 e. The number of carbonyl (C=O) groups excluding carboxylic acids is 1. The molecule has 0 aromatic heterocycles. The number of piperidine rings is 1. The van der Waals surface area contributed by atoms with Crippen LogP contribution in [0.5, 0.6) is 0 Å². The van der Waals surface area contributed by atoms with E-state index in [4.69, 9.17) is 4.89 Å². The molecule has 19 heavy (non-hydrogen) atoms. The van der Waals surface area contributed by atoms with Gasteiger partial charge in [-0.2, -0.15) is 4.89 Å². The Morgan fingerprint density at radius 3 is 2.32 bits per heavy atom. The van der Waals surface area contributed by atoms with E-state index in [1.807, 2.05) is 0 Å². The molecule has 0 spiro atoms. The molecule has 1 fully saturated rings. The van der Waals surface area contributed by atoms with Gasteiger partial charge in [-0.1, -0.05) is 6.58 Å². The highest BCUT2D eigenvalue weighted by Gasteiger charge is 2.42. The highest BCUT2D eigenvalue weighted by Crippen LogP contribution is 2.41. The zero-order valence-electron chi connectivity index (χ0n) is 12.9. The SMILES string of the molecule is C=CC(=O)OOCCC1CC(C)(C)N(C)C(C)(C)C1. The molecule has 1 saturated heterocycles. The molecule has 1 rings (SSSR count). The number of rotatable bonds is 5. The Morgan fingerprint density at radius 1 is 1.32 bits per heavy atom. The van der Waals surface area contributed by atoms with Crippen molar-refractivity contribution in [3.05, 3.63) is 12.7 Å². The van der Waals surface area contributed by atoms with Crippen LogP contribution in [0.25, 0.3) is 0 Å². The van der Waals surface area contributed by atoms with Crippen molar-refractivity contribution in [2.75, 3.05) is 13.7 Å². The molecule has 0 aromatic carbocycles. The lowest BCUT2D eigenvalue weighted by molar-refractivity contribution is -0.269. The standard InChI is InChI=1S/C15H27NO3/c1-7-13(17)19-18-9-8-12-10-14(2,3)16(6)15(4,5)11-12/h7,12H,1,8-11H2,2-6H3. The van der Waals surface area contributed by atoms with Gasteiger partial charge in [-0.05, 0) is 59.9 Å². The summed E-state index contributed by atoms with van der Waals surface area (Å²) in [6.45, 7) is 12.9. The van der Waals surface area contributed by atoms with Gasteiger partial charge in [0.1, 0.15) is 0 Å². The van der Waals surface area contributed by atoms with Crippen LogP contribution < -0.4 is 0 Å². The lowest BCUT2D eigenvalue weighted by atomic mass is 9.73. The fourth-order valence-electron chi connectivity index (χ4n) is 3.13. The third-order valence-electron chi connectivity index (χ3n) is 4.31. The van der Waals surface area contributed by atoms with Gasteiger partial charge in [-0.3, -0.25) is 9.79 Å². The Morgan fingerprint density at radius 2 is 1.84 bits per heavy atom. The van der Waals surface area contributed by atoms with E-state index < -0.39 is 5.97 Å². The van der Waals surface area contributed by atoms with Crippen LogP contribution in [0, 0.1) is 5.92 Å². The van der Waals surface area contributed by atoms with Crippen LogP contribution in [-0.2, 0) is 14.6 Å². The van der Waals surface area contributed by atoms with Gasteiger partial charge in [0, 0.05) is 17.2 Å². The molecule has 0 amide bonds. The van der Waals surface area contributed by atoms with Gasteiger partial charge in [-0.25, -0.2) is 4.79 Å². The van der Waals surface area contributed by atoms with Gasteiger partial charge in [0.15, 0.2) is 0 Å². The molecule has 4 heteroatoms. The average molecular weight is 269 g/mol. The summed E-state index contributed by atoms with van der Waals surface area (Å²) in [7, 11) is 2.19. The molecule has 1 aliphatic rings. The summed E-state index contributed by atoms with van der Waals surface area (Å²) in [5.74, 6) is 0.0488. The molecule has 4 nitrogen and oxygen atoms in total. The fraction of sp³-hybridized carbons (Fsp3) is 0.800. The maximum absolute atomic E-state index is 10.8. The van der Waals surface area contributed by atoms with Gasteiger partial charge in [0.2, 0.25) is 0 Å². The Hall–Kier alpha value is -0.870. The Bertz CT molecular complexity index is 318. The third kappa shape index (κ3) is 4.32. The number of nitrogens with zero attached hydrogens (tertiary/aromatic N) is 1. The highest BCUT2D eigenvalue weighted by molar-refractivity contribution is 5.80. The predicted octanol–water partition coefficient (Wildman–Crippen LogP) is 2.94. The van der Waals surface area contributed by atoms with E-state index in [2.05, 4.69) is 51.1 Å². The third-order valence-corrected chi connectivity index (χ3v) is 4.31. The van der Waals surface area contributed by atoms with Gasteiger partial charge >= 0.3 is 5.97 Å². The lowest BCUT2D eigenvalue weighted by Crippen LogP contribution is -2.58. The summed E-state index contributed by atoms with van der Waals surface area (Å²) in [4.78, 5) is 22.8. The summed E-state index contributed by atoms with van der Waals surface area (Å²) in [5, 5.41) is 0. The summed E-state index contributed by atoms with van der Waals surface area (Å²) in [6, 6.07) is 0. The molecule has 0 radical (unpaired) electrons. The topological polar surface area (TPSA) is 38.8 Å². The summed E-state index contributed by atoms with van der Waals surface area (Å²) in [6.07, 6.45) is 4.27. The molecule has 1 aliphatic heterocycles. The van der Waals surface area contributed by atoms with Gasteiger partial charge in [-0.15, -0.1) is 0 Å². The molecular weight excluding hydrogens is 242 g/mol. The molecule has 110 valence electrons. The van der Waals surface area contributed by atoms with Crippen molar-refractivity contribution in [1.82, 2.24) is 4.90 Å². The number of hydrogen-bond acceptors (Lipinski definition) is 4. The van der Waals surface area contributed by atoms with E-state index in [0.717, 1.165) is 25.3 Å². The molecule has 0 bridgehead atoms. The molecule has 0 saturated carbocycles. The maximum Gasteiger partial charge on any atom is 0.365 e. The minimum atomic E-state index is -0.538. The molecule has 0 atom stereocenters. The minimum absolute atomic E-state index is 0.185. The normalized spacial score (nSPS) is 23.0. The van der Waals surface area contributed by atoms with Crippen LogP contribution >= 0.6 is 0 Å². The lowest BCUT2D eigenvalue weighted by Gasteiger charge is -2.53. The van der Waals surface area contributed by atoms with Crippen LogP contribution in [-0.4, -0.2) is 35.6 Å². The van der Waals surface area contributed by atoms with Crippen molar-refractivity contribution in [3.8, 4) is 0 Å². The number of hydrogen-bond donors (Lipinski definition) is 0. The second-order valence-electron chi connectivity index (χ2n) is 6.68. The molecule has 0 aromatic rings. The Labute approximate surface area is 116 Å². The van der Waals surface area contributed by atoms with Crippen LogP contribution in [0.2, 0.25) is 0 Å². The first kappa shape index (κ1) is 16.2. The summed E-state index contributed by atoms with van der Waals surface area (Å²) in [5.41, 5.74) is 0.369. The van der Waals surface area contributed by atoms with Crippen LogP contribution in [0.3, 0.4) is 0 Å². The molecular formula is C15H27NO3. The average Bonchev–Trinajstić information content (AvgIpc) is 2.30. The van der Waals surface area contributed by atoms with Gasteiger partial charge < -0.3 is 0 Å². The highest BCUT2D eigenvalue weighted by atomic mass is 17.2. The van der Waals surface area contributed by atoms with Gasteiger partial charge in [0.25, 0.3) is 0 Å². The van der Waals surface area contributed by atoms with Crippen molar-refractivity contribution in [1.29, 1.82) is 0 Å². The monoisotopic (exact) mass is 269 g/mol. The van der Waals surface area contributed by atoms with Crippen molar-refractivity contribution in [3.63, 3.8) is 0 Å². The first-order valence-corrected chi connectivity index (χ1v) is 6.89. The first-order valence-electron chi connectivity index (χ1n) is 6.89. The zero-order chi connectivity index (χ0) is 14.7. The van der Waals surface area contributed by atoms with E-state index in [9.17, 15) is 4.79 Å². The second kappa shape index (κ2) is 6.06. The van der Waals surface area contributed by atoms with Crippen molar-refractivity contribution >= 4 is 5.97 Å². The largest absolute Gasteiger partial charge is 0.365 e. The predicted molar refractivity (Wildman–Crippen MR) is 75.5 cm³/mol. The Balaban J connectivity index is 2.43. The van der Waals surface area contributed by atoms with E-state index in [1.165, 1.54) is 0 Å². The first-order chi connectivity index (χ1) is 8.69. The summed E-state index contributed by atoms with van der Waals surface area (Å²) >= 11 is 0. The van der Waals surface area contributed by atoms with Crippen molar-refractivity contribution in [2.24, 2.45) is 5.92 Å². The Kier molecular flexibility index (Phi) is 5.16. The molecule has 1 heterocycles. The van der Waals surface area contributed by atoms with E-state index >= 15 is 0 Å². The maximum atomic E-state index is 10.8. The number of likely N-dealkylation sites (tertiary alicyclic amines) is 1. The summed E-state index contributed by atoms with van der Waals surface area (Å²) < 4.78 is 0.